The summed E-state index contributed by atoms with van der Waals surface area (Å²) in [6, 6.07) is 16.6. The van der Waals surface area contributed by atoms with Crippen molar-refractivity contribution in [3.05, 3.63) is 83.0 Å². The van der Waals surface area contributed by atoms with Crippen LogP contribution < -0.4 is 4.74 Å². The van der Waals surface area contributed by atoms with Crippen molar-refractivity contribution in [2.45, 2.75) is 26.3 Å². The van der Waals surface area contributed by atoms with Crippen molar-refractivity contribution in [3.63, 3.8) is 0 Å². The van der Waals surface area contributed by atoms with Crippen molar-refractivity contribution in [1.29, 1.82) is 0 Å². The van der Waals surface area contributed by atoms with Crippen molar-refractivity contribution in [3.8, 4) is 17.0 Å². The van der Waals surface area contributed by atoms with Crippen molar-refractivity contribution < 1.29 is 17.9 Å². The summed E-state index contributed by atoms with van der Waals surface area (Å²) < 4.78 is 44.3. The summed E-state index contributed by atoms with van der Waals surface area (Å²) in [5.41, 5.74) is 3.50. The summed E-state index contributed by atoms with van der Waals surface area (Å²) in [7, 11) is 3.88. The maximum Gasteiger partial charge on any atom is 0.416 e. The lowest BCUT2D eigenvalue weighted by Gasteiger charge is -2.16. The molecule has 0 aliphatic rings. The van der Waals surface area contributed by atoms with Gasteiger partial charge in [-0.2, -0.15) is 13.2 Å². The first-order chi connectivity index (χ1) is 13.7. The molecule has 0 fully saturated rings. The number of hydrogen-bond donors (Lipinski definition) is 0. The highest BCUT2D eigenvalue weighted by molar-refractivity contribution is 5.60. The van der Waals surface area contributed by atoms with Crippen LogP contribution in [0.25, 0.3) is 11.3 Å². The standard InChI is InChI=1S/C23H23F3N2O/c1-16-5-4-6-20(13-16)29-15-18-9-12-21(27-22(18)14-28(2)3)17-7-10-19(11-8-17)23(24,25)26/h4-13H,14-15H2,1-3H3. The SMILES string of the molecule is Cc1cccc(OCc2ccc(-c3ccc(C(F)(F)F)cc3)nc2CN(C)C)c1. The number of nitrogens with zero attached hydrogens (tertiary/aromatic N) is 2. The van der Waals surface area contributed by atoms with Gasteiger partial charge in [0.05, 0.1) is 17.0 Å². The Balaban J connectivity index is 1.85. The van der Waals surface area contributed by atoms with Gasteiger partial charge in [-0.3, -0.25) is 4.98 Å². The van der Waals surface area contributed by atoms with E-state index in [-0.39, 0.29) is 0 Å². The van der Waals surface area contributed by atoms with Gasteiger partial charge >= 0.3 is 6.18 Å². The van der Waals surface area contributed by atoms with Gasteiger partial charge in [0.25, 0.3) is 0 Å². The van der Waals surface area contributed by atoms with Crippen LogP contribution in [0.2, 0.25) is 0 Å². The van der Waals surface area contributed by atoms with Crippen molar-refractivity contribution in [1.82, 2.24) is 9.88 Å². The normalized spacial score (nSPS) is 11.7. The summed E-state index contributed by atoms with van der Waals surface area (Å²) in [5, 5.41) is 0. The van der Waals surface area contributed by atoms with Crippen molar-refractivity contribution in [2.75, 3.05) is 14.1 Å². The fraction of sp³-hybridized carbons (Fsp3) is 0.261. The van der Waals surface area contributed by atoms with E-state index in [0.29, 0.717) is 24.4 Å². The highest BCUT2D eigenvalue weighted by Crippen LogP contribution is 2.31. The lowest BCUT2D eigenvalue weighted by molar-refractivity contribution is -0.137. The molecule has 0 radical (unpaired) electrons. The Hall–Kier alpha value is -2.86. The monoisotopic (exact) mass is 400 g/mol. The van der Waals surface area contributed by atoms with Gasteiger partial charge in [-0.25, -0.2) is 0 Å². The molecule has 0 saturated heterocycles. The molecule has 0 amide bonds. The molecular weight excluding hydrogens is 377 g/mol. The Morgan fingerprint density at radius 2 is 1.69 bits per heavy atom. The molecule has 0 unspecified atom stereocenters. The molecule has 0 N–H and O–H groups in total. The second kappa shape index (κ2) is 8.66. The quantitative estimate of drug-likeness (QED) is 0.529. The van der Waals surface area contributed by atoms with Crippen LogP contribution in [-0.2, 0) is 19.3 Å². The van der Waals surface area contributed by atoms with Crippen LogP contribution >= 0.6 is 0 Å². The summed E-state index contributed by atoms with van der Waals surface area (Å²) in [5.74, 6) is 0.785. The Morgan fingerprint density at radius 3 is 2.31 bits per heavy atom. The average molecular weight is 400 g/mol. The Kier molecular flexibility index (Phi) is 6.23. The van der Waals surface area contributed by atoms with Crippen LogP contribution in [0.1, 0.15) is 22.4 Å². The Bertz CT molecular complexity index is 967. The molecule has 29 heavy (non-hydrogen) atoms. The van der Waals surface area contributed by atoms with E-state index in [1.54, 1.807) is 0 Å². The summed E-state index contributed by atoms with van der Waals surface area (Å²) in [6.45, 7) is 2.97. The number of pyridine rings is 1. The van der Waals surface area contributed by atoms with Crippen LogP contribution in [0.15, 0.2) is 60.7 Å². The topological polar surface area (TPSA) is 25.4 Å². The zero-order chi connectivity index (χ0) is 21.0. The third kappa shape index (κ3) is 5.57. The molecule has 2 aromatic carbocycles. The van der Waals surface area contributed by atoms with Gasteiger partial charge < -0.3 is 9.64 Å². The first-order valence-electron chi connectivity index (χ1n) is 9.23. The van der Waals surface area contributed by atoms with E-state index < -0.39 is 11.7 Å². The van der Waals surface area contributed by atoms with E-state index in [9.17, 15) is 13.2 Å². The van der Waals surface area contributed by atoms with E-state index >= 15 is 0 Å². The Morgan fingerprint density at radius 1 is 0.966 bits per heavy atom. The summed E-state index contributed by atoms with van der Waals surface area (Å²) in [4.78, 5) is 6.70. The molecule has 0 aliphatic carbocycles. The van der Waals surface area contributed by atoms with E-state index in [0.717, 1.165) is 34.7 Å². The number of hydrogen-bond acceptors (Lipinski definition) is 3. The molecule has 3 nitrogen and oxygen atoms in total. The van der Waals surface area contributed by atoms with Crippen LogP contribution in [-0.4, -0.2) is 24.0 Å². The van der Waals surface area contributed by atoms with Crippen LogP contribution in [0, 0.1) is 6.92 Å². The molecule has 0 bridgehead atoms. The summed E-state index contributed by atoms with van der Waals surface area (Å²) >= 11 is 0. The maximum atomic E-state index is 12.8. The first kappa shape index (κ1) is 20.9. The smallest absolute Gasteiger partial charge is 0.416 e. The summed E-state index contributed by atoms with van der Waals surface area (Å²) in [6.07, 6.45) is -4.35. The van der Waals surface area contributed by atoms with E-state index in [4.69, 9.17) is 9.72 Å². The second-order valence-electron chi connectivity index (χ2n) is 7.22. The number of halogens is 3. The van der Waals surface area contributed by atoms with Crippen LogP contribution in [0.5, 0.6) is 5.75 Å². The number of aryl methyl sites for hydroxylation is 1. The van der Waals surface area contributed by atoms with Crippen LogP contribution in [0.4, 0.5) is 13.2 Å². The van der Waals surface area contributed by atoms with Crippen molar-refractivity contribution in [2.24, 2.45) is 0 Å². The van der Waals surface area contributed by atoms with Crippen LogP contribution in [0.3, 0.4) is 0 Å². The molecule has 0 saturated carbocycles. The van der Waals surface area contributed by atoms with Gasteiger partial charge in [0.1, 0.15) is 12.4 Å². The molecule has 6 heteroatoms. The zero-order valence-corrected chi connectivity index (χ0v) is 16.6. The third-order valence-corrected chi connectivity index (χ3v) is 4.43. The highest BCUT2D eigenvalue weighted by atomic mass is 19.4. The van der Waals surface area contributed by atoms with Crippen molar-refractivity contribution >= 4 is 0 Å². The molecule has 0 spiro atoms. The number of rotatable bonds is 6. The Labute approximate surface area is 168 Å². The maximum absolute atomic E-state index is 12.8. The fourth-order valence-electron chi connectivity index (χ4n) is 2.96. The number of benzene rings is 2. The largest absolute Gasteiger partial charge is 0.489 e. The van der Waals surface area contributed by atoms with Gasteiger partial charge in [-0.15, -0.1) is 0 Å². The van der Waals surface area contributed by atoms with Gasteiger partial charge in [0, 0.05) is 17.7 Å². The van der Waals surface area contributed by atoms with Gasteiger partial charge in [0.2, 0.25) is 0 Å². The first-order valence-corrected chi connectivity index (χ1v) is 9.23. The lowest BCUT2D eigenvalue weighted by Crippen LogP contribution is -2.15. The molecule has 0 aliphatic heterocycles. The van der Waals surface area contributed by atoms with Gasteiger partial charge in [-0.05, 0) is 56.9 Å². The third-order valence-electron chi connectivity index (χ3n) is 4.43. The minimum Gasteiger partial charge on any atom is -0.489 e. The number of alkyl halides is 3. The molecule has 3 rings (SSSR count). The highest BCUT2D eigenvalue weighted by Gasteiger charge is 2.30. The fourth-order valence-corrected chi connectivity index (χ4v) is 2.96. The van der Waals surface area contributed by atoms with E-state index in [1.807, 2.05) is 62.3 Å². The molecule has 3 aromatic rings. The van der Waals surface area contributed by atoms with E-state index in [2.05, 4.69) is 0 Å². The van der Waals surface area contributed by atoms with E-state index in [1.165, 1.54) is 12.1 Å². The van der Waals surface area contributed by atoms with Gasteiger partial charge in [0.15, 0.2) is 0 Å². The minimum atomic E-state index is -4.35. The minimum absolute atomic E-state index is 0.368. The second-order valence-corrected chi connectivity index (χ2v) is 7.22. The van der Waals surface area contributed by atoms with Gasteiger partial charge in [-0.1, -0.05) is 30.3 Å². The predicted molar refractivity (Wildman–Crippen MR) is 108 cm³/mol. The molecule has 0 atom stereocenters. The average Bonchev–Trinajstić information content (AvgIpc) is 2.66. The lowest BCUT2D eigenvalue weighted by atomic mass is 10.1. The number of ether oxygens (including phenoxy) is 1. The number of aromatic nitrogens is 1. The zero-order valence-electron chi connectivity index (χ0n) is 16.6. The molecular formula is C23H23F3N2O. The molecule has 152 valence electrons. The predicted octanol–water partition coefficient (Wildman–Crippen LogP) is 5.72. The molecule has 1 heterocycles. The molecule has 1 aromatic heterocycles.